The van der Waals surface area contributed by atoms with Crippen LogP contribution in [0.2, 0.25) is 0 Å². The van der Waals surface area contributed by atoms with Crippen LogP contribution in [0.15, 0.2) is 45.3 Å². The second-order valence-corrected chi connectivity index (χ2v) is 5.14. The van der Waals surface area contributed by atoms with Crippen LogP contribution < -0.4 is 0 Å². The lowest BCUT2D eigenvalue weighted by atomic mass is 10.2. The first-order valence-corrected chi connectivity index (χ1v) is 6.57. The average molecular weight is 307 g/mol. The number of hydrogen-bond donors (Lipinski definition) is 0. The number of benzene rings is 1. The minimum atomic E-state index is -0.221. The molecule has 0 spiro atoms. The Morgan fingerprint density at radius 1 is 1.11 bits per heavy atom. The zero-order valence-corrected chi connectivity index (χ0v) is 11.1. The van der Waals surface area contributed by atoms with Crippen molar-refractivity contribution in [3.63, 3.8) is 0 Å². The molecule has 1 aromatic carbocycles. The largest absolute Gasteiger partial charge is 0.457 e. The molecule has 0 N–H and O–H groups in total. The predicted octanol–water partition coefficient (Wildman–Crippen LogP) is 4.09. The van der Waals surface area contributed by atoms with Crippen molar-refractivity contribution in [3.8, 4) is 11.3 Å². The Kier molecular flexibility index (Phi) is 2.96. The second-order valence-electron chi connectivity index (χ2n) is 4.23. The molecule has 18 heavy (non-hydrogen) atoms. The van der Waals surface area contributed by atoms with Crippen molar-refractivity contribution in [1.29, 1.82) is 0 Å². The molecule has 3 nitrogen and oxygen atoms in total. The summed E-state index contributed by atoms with van der Waals surface area (Å²) in [6.07, 6.45) is 0.951. The van der Waals surface area contributed by atoms with Crippen LogP contribution in [0.1, 0.15) is 24.7 Å². The van der Waals surface area contributed by atoms with Gasteiger partial charge in [0.05, 0.1) is 0 Å². The zero-order valence-electron chi connectivity index (χ0n) is 9.56. The first-order valence-electron chi connectivity index (χ1n) is 5.77. The first kappa shape index (κ1) is 11.5. The molecule has 1 unspecified atom stereocenters. The van der Waals surface area contributed by atoms with Gasteiger partial charge in [-0.2, -0.15) is 0 Å². The maximum atomic E-state index is 11.1. The highest BCUT2D eigenvalue weighted by Crippen LogP contribution is 2.33. The van der Waals surface area contributed by atoms with Gasteiger partial charge in [0.15, 0.2) is 6.10 Å². The van der Waals surface area contributed by atoms with E-state index in [2.05, 4.69) is 15.9 Å². The highest BCUT2D eigenvalue weighted by Gasteiger charge is 2.27. The van der Waals surface area contributed by atoms with E-state index in [9.17, 15) is 4.79 Å². The van der Waals surface area contributed by atoms with Crippen LogP contribution >= 0.6 is 15.9 Å². The molecular weight excluding hydrogens is 296 g/mol. The topological polar surface area (TPSA) is 39.4 Å². The van der Waals surface area contributed by atoms with Gasteiger partial charge in [-0.25, -0.2) is 0 Å². The van der Waals surface area contributed by atoms with Crippen LogP contribution in [0.5, 0.6) is 0 Å². The molecular formula is C14H11BrO3. The minimum Gasteiger partial charge on any atom is -0.457 e. The molecule has 0 saturated carbocycles. The van der Waals surface area contributed by atoms with E-state index in [0.29, 0.717) is 12.8 Å². The third-order valence-corrected chi connectivity index (χ3v) is 3.49. The molecule has 1 aliphatic heterocycles. The summed E-state index contributed by atoms with van der Waals surface area (Å²) in [5.74, 6) is 1.36. The molecule has 1 fully saturated rings. The van der Waals surface area contributed by atoms with Crippen LogP contribution in [0.3, 0.4) is 0 Å². The number of ether oxygens (including phenoxy) is 1. The van der Waals surface area contributed by atoms with Gasteiger partial charge in [-0.15, -0.1) is 0 Å². The molecule has 1 aliphatic rings. The molecule has 3 rings (SSSR count). The van der Waals surface area contributed by atoms with Crippen LogP contribution in [0.25, 0.3) is 11.3 Å². The Bertz CT molecular complexity index is 571. The van der Waals surface area contributed by atoms with Crippen LogP contribution in [0, 0.1) is 0 Å². The molecule has 0 aliphatic carbocycles. The lowest BCUT2D eigenvalue weighted by molar-refractivity contribution is -0.142. The monoisotopic (exact) mass is 306 g/mol. The van der Waals surface area contributed by atoms with Gasteiger partial charge in [-0.1, -0.05) is 28.1 Å². The summed E-state index contributed by atoms with van der Waals surface area (Å²) < 4.78 is 12.0. The highest BCUT2D eigenvalue weighted by molar-refractivity contribution is 9.10. The van der Waals surface area contributed by atoms with Gasteiger partial charge in [0.25, 0.3) is 0 Å². The number of carbonyl (C=O) groups is 1. The molecule has 2 heterocycles. The van der Waals surface area contributed by atoms with Gasteiger partial charge in [0.2, 0.25) is 0 Å². The van der Waals surface area contributed by atoms with Gasteiger partial charge >= 0.3 is 5.97 Å². The number of rotatable bonds is 2. The number of carbonyl (C=O) groups excluding carboxylic acids is 1. The zero-order chi connectivity index (χ0) is 12.5. The molecule has 1 aromatic heterocycles. The molecule has 2 aromatic rings. The van der Waals surface area contributed by atoms with Gasteiger partial charge in [0.1, 0.15) is 11.5 Å². The Morgan fingerprint density at radius 2 is 1.89 bits per heavy atom. The normalized spacial score (nSPS) is 18.9. The lowest BCUT2D eigenvalue weighted by Crippen LogP contribution is -1.96. The van der Waals surface area contributed by atoms with E-state index >= 15 is 0 Å². The number of esters is 1. The minimum absolute atomic E-state index is 0.151. The van der Waals surface area contributed by atoms with Crippen molar-refractivity contribution in [2.45, 2.75) is 18.9 Å². The summed E-state index contributed by atoms with van der Waals surface area (Å²) in [4.78, 5) is 11.1. The van der Waals surface area contributed by atoms with Crippen molar-refractivity contribution >= 4 is 21.9 Å². The summed E-state index contributed by atoms with van der Waals surface area (Å²) >= 11 is 3.40. The molecule has 1 atom stereocenters. The average Bonchev–Trinajstić information content (AvgIpc) is 2.98. The van der Waals surface area contributed by atoms with Crippen molar-refractivity contribution in [3.05, 3.63) is 46.6 Å². The molecule has 0 radical (unpaired) electrons. The van der Waals surface area contributed by atoms with Crippen LogP contribution in [0.4, 0.5) is 0 Å². The second kappa shape index (κ2) is 4.61. The van der Waals surface area contributed by atoms with E-state index in [1.165, 1.54) is 0 Å². The molecule has 4 heteroatoms. The third kappa shape index (κ3) is 2.20. The Hall–Kier alpha value is -1.55. The van der Waals surface area contributed by atoms with E-state index < -0.39 is 0 Å². The Balaban J connectivity index is 1.85. The van der Waals surface area contributed by atoms with E-state index in [-0.39, 0.29) is 12.1 Å². The SMILES string of the molecule is O=C1CCC(c2ccc(-c3ccc(Br)cc3)o2)O1. The summed E-state index contributed by atoms with van der Waals surface area (Å²) in [5.41, 5.74) is 1.01. The highest BCUT2D eigenvalue weighted by atomic mass is 79.9. The van der Waals surface area contributed by atoms with E-state index in [1.807, 2.05) is 36.4 Å². The Labute approximate surface area is 113 Å². The number of halogens is 1. The predicted molar refractivity (Wildman–Crippen MR) is 69.9 cm³/mol. The third-order valence-electron chi connectivity index (χ3n) is 2.96. The fourth-order valence-electron chi connectivity index (χ4n) is 2.02. The number of furan rings is 1. The van der Waals surface area contributed by atoms with Crippen molar-refractivity contribution in [2.24, 2.45) is 0 Å². The summed E-state index contributed by atoms with van der Waals surface area (Å²) in [6, 6.07) is 11.7. The fourth-order valence-corrected chi connectivity index (χ4v) is 2.29. The van der Waals surface area contributed by atoms with Crippen molar-refractivity contribution < 1.29 is 13.9 Å². The quantitative estimate of drug-likeness (QED) is 0.785. The van der Waals surface area contributed by atoms with Gasteiger partial charge in [-0.3, -0.25) is 4.79 Å². The van der Waals surface area contributed by atoms with Crippen molar-refractivity contribution in [1.82, 2.24) is 0 Å². The molecule has 92 valence electrons. The van der Waals surface area contributed by atoms with E-state index in [0.717, 1.165) is 21.6 Å². The van der Waals surface area contributed by atoms with Crippen LogP contribution in [-0.2, 0) is 9.53 Å². The van der Waals surface area contributed by atoms with E-state index in [1.54, 1.807) is 0 Å². The smallest absolute Gasteiger partial charge is 0.306 e. The van der Waals surface area contributed by atoms with E-state index in [4.69, 9.17) is 9.15 Å². The standard InChI is InChI=1S/C14H11BrO3/c15-10-3-1-9(2-4-10)11-5-6-12(17-11)13-7-8-14(16)18-13/h1-6,13H,7-8H2. The van der Waals surface area contributed by atoms with Gasteiger partial charge < -0.3 is 9.15 Å². The molecule has 0 bridgehead atoms. The van der Waals surface area contributed by atoms with Gasteiger partial charge in [-0.05, 0) is 24.3 Å². The fraction of sp³-hybridized carbons (Fsp3) is 0.214. The summed E-state index contributed by atoms with van der Waals surface area (Å²) in [6.45, 7) is 0. The molecule has 1 saturated heterocycles. The van der Waals surface area contributed by atoms with Crippen molar-refractivity contribution in [2.75, 3.05) is 0 Å². The summed E-state index contributed by atoms with van der Waals surface area (Å²) in [7, 11) is 0. The van der Waals surface area contributed by atoms with Crippen LogP contribution in [-0.4, -0.2) is 5.97 Å². The molecule has 0 amide bonds. The maximum Gasteiger partial charge on any atom is 0.306 e. The van der Waals surface area contributed by atoms with Gasteiger partial charge in [0, 0.05) is 22.9 Å². The number of hydrogen-bond acceptors (Lipinski definition) is 3. The maximum absolute atomic E-state index is 11.1. The lowest BCUT2D eigenvalue weighted by Gasteiger charge is -2.04. The Morgan fingerprint density at radius 3 is 2.56 bits per heavy atom. The number of cyclic esters (lactones) is 1. The summed E-state index contributed by atoms with van der Waals surface area (Å²) in [5, 5.41) is 0. The first-order chi connectivity index (χ1) is 8.72.